The second kappa shape index (κ2) is 26.8. The molecular formula is C61H69N11O14S2. The van der Waals surface area contributed by atoms with Crippen molar-refractivity contribution in [3.8, 4) is 17.1 Å². The van der Waals surface area contributed by atoms with E-state index in [0.717, 1.165) is 17.5 Å². The van der Waals surface area contributed by atoms with Gasteiger partial charge in [-0.15, -0.1) is 0 Å². The van der Waals surface area contributed by atoms with Gasteiger partial charge in [0.05, 0.1) is 48.0 Å². The topological polar surface area (TPSA) is 347 Å². The second-order valence-electron chi connectivity index (χ2n) is 22.1. The van der Waals surface area contributed by atoms with Crippen molar-refractivity contribution < 1.29 is 61.7 Å². The lowest BCUT2D eigenvalue weighted by atomic mass is 9.86. The second-order valence-corrected chi connectivity index (χ2v) is 24.4. The summed E-state index contributed by atoms with van der Waals surface area (Å²) in [7, 11) is -4.05. The van der Waals surface area contributed by atoms with Gasteiger partial charge >= 0.3 is 30.0 Å². The molecule has 1 saturated heterocycles. The number of hydrogen-bond acceptors (Lipinski definition) is 15. The van der Waals surface area contributed by atoms with E-state index in [2.05, 4.69) is 41.9 Å². The van der Waals surface area contributed by atoms with E-state index in [1.165, 1.54) is 35.3 Å². The van der Waals surface area contributed by atoms with Crippen molar-refractivity contribution >= 4 is 97.1 Å². The van der Waals surface area contributed by atoms with Crippen LogP contribution in [0.15, 0.2) is 102 Å². The van der Waals surface area contributed by atoms with Gasteiger partial charge in [0.2, 0.25) is 21.8 Å². The Labute approximate surface area is 512 Å². The molecule has 27 heteroatoms. The van der Waals surface area contributed by atoms with Crippen molar-refractivity contribution in [2.24, 2.45) is 5.92 Å². The number of likely N-dealkylation sites (tertiary alicyclic amines) is 1. The number of nitrogens with one attached hydrogen (secondary N) is 8. The number of benzene rings is 3. The molecule has 1 aliphatic carbocycles. The molecule has 0 radical (unpaired) electrons. The molecule has 5 aromatic rings. The van der Waals surface area contributed by atoms with Gasteiger partial charge in [-0.1, -0.05) is 58.9 Å². The number of hydrogen-bond donors (Lipinski definition) is 10. The number of urea groups is 2. The maximum atomic E-state index is 13.9. The van der Waals surface area contributed by atoms with Crippen LogP contribution in [0.5, 0.6) is 5.75 Å². The smallest absolute Gasteiger partial charge is 0.343 e. The van der Waals surface area contributed by atoms with E-state index < -0.39 is 93.1 Å². The molecule has 2 aromatic heterocycles. The molecule has 5 heterocycles. The Morgan fingerprint density at radius 3 is 2.35 bits per heavy atom. The average molecular weight is 1240 g/mol. The highest BCUT2D eigenvalue weighted by molar-refractivity contribution is 7.93. The summed E-state index contributed by atoms with van der Waals surface area (Å²) in [5.74, 6) is -3.92. The first kappa shape index (κ1) is 63.3. The third-order valence-corrected chi connectivity index (χ3v) is 17.6. The van der Waals surface area contributed by atoms with Gasteiger partial charge in [-0.25, -0.2) is 32.6 Å². The number of pyridine rings is 2. The number of carbonyl (C=O) groups excluding carboxylic acids is 6. The van der Waals surface area contributed by atoms with Crippen LogP contribution in [0, 0.1) is 5.92 Å². The summed E-state index contributed by atoms with van der Waals surface area (Å²) in [5.41, 5.74) is 2.94. The molecule has 464 valence electrons. The quantitative estimate of drug-likeness (QED) is 0.0236. The molecule has 3 aliphatic heterocycles. The molecule has 10 N–H and O–H groups in total. The molecule has 0 spiro atoms. The summed E-state index contributed by atoms with van der Waals surface area (Å²) < 4.78 is 42.2. The average Bonchev–Trinajstić information content (AvgIpc) is 1.70. The molecule has 9 rings (SSSR count). The molecule has 0 saturated carbocycles. The zero-order valence-electron chi connectivity index (χ0n) is 49.0. The number of aromatic nitrogens is 2. The van der Waals surface area contributed by atoms with Crippen molar-refractivity contribution in [3.63, 3.8) is 0 Å². The Kier molecular flexibility index (Phi) is 19.3. The molecule has 5 atom stereocenters. The normalized spacial score (nSPS) is 18.1. The maximum Gasteiger partial charge on any atom is 0.343 e. The predicted molar refractivity (Wildman–Crippen MR) is 330 cm³/mol. The molecule has 1 fully saturated rings. The SMILES string of the molecule is CCCNC(=O)NC1=CC=CC(S(=O)(=O)Nc2cccc(C(CC(=O)O)NC(=O)Nc3ccc(NC(=S)NCC(=O)N4CCC[C@H]4C(=O)N[C@H](C(=O)Oc4ccc5nc6c(c(CC)c5c4)Cn4c-6cc5c(c4=O)COC(=O)[C@]5(O)CC)C(C)C)cc3)c2)C1. The van der Waals surface area contributed by atoms with Gasteiger partial charge in [-0.2, -0.15) is 0 Å². The number of nitrogens with zero attached hydrogens (tertiary/aromatic N) is 3. The van der Waals surface area contributed by atoms with Crippen LogP contribution in [-0.4, -0.2) is 117 Å². The summed E-state index contributed by atoms with van der Waals surface area (Å²) in [4.78, 5) is 112. The zero-order valence-corrected chi connectivity index (χ0v) is 50.6. The first-order chi connectivity index (χ1) is 42.0. The van der Waals surface area contributed by atoms with Crippen molar-refractivity contribution in [2.75, 3.05) is 35.0 Å². The van der Waals surface area contributed by atoms with Gasteiger partial charge < -0.3 is 66.4 Å². The Balaban J connectivity index is 0.756. The molecule has 2 unspecified atom stereocenters. The third-order valence-electron chi connectivity index (χ3n) is 15.7. The van der Waals surface area contributed by atoms with E-state index in [-0.39, 0.29) is 72.3 Å². The van der Waals surface area contributed by atoms with Crippen molar-refractivity contribution in [3.05, 3.63) is 135 Å². The van der Waals surface area contributed by atoms with Gasteiger partial charge in [0.15, 0.2) is 10.7 Å². The minimum absolute atomic E-state index is 0.00476. The van der Waals surface area contributed by atoms with Crippen LogP contribution < -0.4 is 52.2 Å². The molecule has 6 amide bonds. The van der Waals surface area contributed by atoms with Crippen LogP contribution in [0.4, 0.5) is 26.7 Å². The number of cyclic esters (lactones) is 1. The number of rotatable bonds is 21. The van der Waals surface area contributed by atoms with Crippen LogP contribution in [-0.2, 0) is 63.9 Å². The van der Waals surface area contributed by atoms with Crippen LogP contribution >= 0.6 is 12.2 Å². The zero-order chi connectivity index (χ0) is 63.2. The fraction of sp³-hybridized carbons (Fsp3) is 0.377. The van der Waals surface area contributed by atoms with E-state index in [1.54, 1.807) is 86.0 Å². The Morgan fingerprint density at radius 1 is 0.898 bits per heavy atom. The van der Waals surface area contributed by atoms with E-state index in [9.17, 15) is 57.0 Å². The van der Waals surface area contributed by atoms with Gasteiger partial charge in [-0.05, 0) is 128 Å². The van der Waals surface area contributed by atoms with Gasteiger partial charge in [0.25, 0.3) is 5.56 Å². The van der Waals surface area contributed by atoms with E-state index >= 15 is 0 Å². The fourth-order valence-corrected chi connectivity index (χ4v) is 12.6. The van der Waals surface area contributed by atoms with Crippen molar-refractivity contribution in [1.29, 1.82) is 0 Å². The van der Waals surface area contributed by atoms with Crippen LogP contribution in [0.3, 0.4) is 0 Å². The number of carbonyl (C=O) groups is 7. The number of esters is 2. The number of ether oxygens (including phenoxy) is 2. The lowest BCUT2D eigenvalue weighted by Gasteiger charge is -2.31. The first-order valence-electron chi connectivity index (χ1n) is 28.9. The molecule has 25 nitrogen and oxygen atoms in total. The number of allylic oxidation sites excluding steroid dienone is 3. The standard InChI is InChI=1S/C61H69N11O14S2/c1-6-23-62-58(80)65-37-13-10-15-40(26-37)88(83,84)70-38-14-9-12-34(25-38)47(29-51(74)75)68-59(81)64-35-17-19-36(20-18-35)66-60(87)63-30-50(73)71-24-11-16-48(71)54(76)69-52(33(4)5)56(78)86-39-21-22-46-42(27-39)41(7-2)43-31-72-49(53(43)67-46)28-45-44(55(72)77)32-85-57(79)61(45,82)8-3/h9-10,12-15,17-22,25,27-28,33,40,47-48,52,70,82H,6-8,11,16,23-24,26,29-32H2,1-5H3,(H,69,76)(H,74,75)(H2,62,65,80)(H2,63,66,87)(H2,64,68,81)/t40?,47?,48-,52-,61-/m0/s1. The number of anilines is 3. The van der Waals surface area contributed by atoms with E-state index in [0.29, 0.717) is 70.7 Å². The van der Waals surface area contributed by atoms with Gasteiger partial charge in [0.1, 0.15) is 29.7 Å². The lowest BCUT2D eigenvalue weighted by molar-refractivity contribution is -0.172. The molecule has 3 aromatic carbocycles. The largest absolute Gasteiger partial charge is 0.481 e. The first-order valence-corrected chi connectivity index (χ1v) is 30.9. The number of sulfonamides is 1. The monoisotopic (exact) mass is 1240 g/mol. The summed E-state index contributed by atoms with van der Waals surface area (Å²) in [6, 6.07) is 14.7. The minimum Gasteiger partial charge on any atom is -0.481 e. The molecule has 0 bridgehead atoms. The number of thiocarbonyl (C=S) groups is 1. The highest BCUT2D eigenvalue weighted by Crippen LogP contribution is 2.41. The molecule has 88 heavy (non-hydrogen) atoms. The summed E-state index contributed by atoms with van der Waals surface area (Å²) in [6.07, 6.45) is 6.24. The van der Waals surface area contributed by atoms with Crippen molar-refractivity contribution in [1.82, 2.24) is 41.0 Å². The van der Waals surface area contributed by atoms with Crippen LogP contribution in [0.25, 0.3) is 22.3 Å². The summed E-state index contributed by atoms with van der Waals surface area (Å²) in [5, 5.41) is 40.1. The highest BCUT2D eigenvalue weighted by Gasteiger charge is 2.46. The lowest BCUT2D eigenvalue weighted by Crippen LogP contribution is -2.54. The number of aliphatic carboxylic acids is 1. The van der Waals surface area contributed by atoms with Crippen LogP contribution in [0.1, 0.15) is 107 Å². The number of amides is 6. The molecular weight excluding hydrogens is 1170 g/mol. The van der Waals surface area contributed by atoms with Gasteiger partial charge in [0, 0.05) is 58.8 Å². The summed E-state index contributed by atoms with van der Waals surface area (Å²) >= 11 is 5.48. The minimum atomic E-state index is -4.05. The van der Waals surface area contributed by atoms with E-state index in [4.69, 9.17) is 26.7 Å². The third kappa shape index (κ3) is 14.0. The van der Waals surface area contributed by atoms with Crippen molar-refractivity contribution in [2.45, 2.75) is 122 Å². The number of aliphatic hydroxyl groups is 1. The number of carboxylic acid groups (broad SMARTS) is 1. The number of carboxylic acids is 1. The Morgan fingerprint density at radius 2 is 1.65 bits per heavy atom. The molecule has 4 aliphatic rings. The Hall–Kier alpha value is -9.21. The fourth-order valence-electron chi connectivity index (χ4n) is 11.1. The maximum absolute atomic E-state index is 13.9. The number of aryl methyl sites for hydroxylation is 1. The number of fused-ring (bicyclic) bond motifs is 5. The summed E-state index contributed by atoms with van der Waals surface area (Å²) in [6.45, 7) is 9.43. The Bertz CT molecular complexity index is 3870. The van der Waals surface area contributed by atoms with Crippen LogP contribution in [0.2, 0.25) is 0 Å². The predicted octanol–water partition coefficient (Wildman–Crippen LogP) is 5.67. The van der Waals surface area contributed by atoms with Gasteiger partial charge in [-0.3, -0.25) is 23.9 Å². The van der Waals surface area contributed by atoms with E-state index in [1.807, 2.05) is 13.8 Å². The highest BCUT2D eigenvalue weighted by atomic mass is 32.2.